The molecule has 2 heterocycles. The first-order valence-electron chi connectivity index (χ1n) is 15.8. The number of fused-ring (bicyclic) bond motifs is 2. The topological polar surface area (TPSA) is 41.9 Å². The lowest BCUT2D eigenvalue weighted by atomic mass is 9.91. The fourth-order valence-corrected chi connectivity index (χ4v) is 7.52. The van der Waals surface area contributed by atoms with Crippen LogP contribution in [-0.4, -0.2) is 15.0 Å². The summed E-state index contributed by atoms with van der Waals surface area (Å²) in [5.74, 6) is 1.88. The monoisotopic (exact) mass is 624 g/mol. The minimum atomic E-state index is -0.458. The highest BCUT2D eigenvalue weighted by Gasteiger charge is 2.38. The van der Waals surface area contributed by atoms with Crippen LogP contribution in [0.4, 0.5) is 11.6 Å². The van der Waals surface area contributed by atoms with Crippen molar-refractivity contribution in [3.8, 4) is 45.0 Å². The second-order valence-electron chi connectivity index (χ2n) is 12.1. The summed E-state index contributed by atoms with van der Waals surface area (Å²) in [6.07, 6.45) is 0. The van der Waals surface area contributed by atoms with E-state index in [1.54, 1.807) is 11.8 Å². The smallest absolute Gasteiger partial charge is 0.234 e. The van der Waals surface area contributed by atoms with Crippen molar-refractivity contribution in [2.45, 2.75) is 29.2 Å². The van der Waals surface area contributed by atoms with Crippen molar-refractivity contribution in [2.24, 2.45) is 0 Å². The molecule has 0 radical (unpaired) electrons. The lowest BCUT2D eigenvalue weighted by Crippen LogP contribution is -2.39. The highest BCUT2D eigenvalue weighted by atomic mass is 32.2. The number of hydrogen-bond donors (Lipinski definition) is 0. The zero-order chi connectivity index (χ0) is 31.8. The Kier molecular flexibility index (Phi) is 7.39. The SMILES string of the molecule is CC1(C)c2ccccc2Sc2ccccc2N1c1nc(-c2ccc(-c3ccccc3)cc2)nc(-c2ccc(-c3ccccc3)cc2)n1. The molecule has 0 N–H and O–H groups in total. The summed E-state index contributed by atoms with van der Waals surface area (Å²) < 4.78 is 0. The third-order valence-electron chi connectivity index (χ3n) is 8.76. The van der Waals surface area contributed by atoms with E-state index < -0.39 is 5.54 Å². The summed E-state index contributed by atoms with van der Waals surface area (Å²) in [6, 6.07) is 55.0. The van der Waals surface area contributed by atoms with Crippen LogP contribution in [0.5, 0.6) is 0 Å². The van der Waals surface area contributed by atoms with E-state index in [1.807, 2.05) is 12.1 Å². The number of hydrogen-bond acceptors (Lipinski definition) is 5. The fraction of sp³-hybridized carbons (Fsp3) is 0.0714. The van der Waals surface area contributed by atoms with Crippen LogP contribution in [0.1, 0.15) is 19.4 Å². The number of para-hydroxylation sites is 1. The van der Waals surface area contributed by atoms with Gasteiger partial charge in [-0.2, -0.15) is 9.97 Å². The third-order valence-corrected chi connectivity index (χ3v) is 9.90. The Bertz CT molecular complexity index is 2080. The molecule has 1 aliphatic rings. The lowest BCUT2D eigenvalue weighted by molar-refractivity contribution is 0.516. The minimum Gasteiger partial charge on any atom is -0.300 e. The summed E-state index contributed by atoms with van der Waals surface area (Å²) in [6.45, 7) is 4.50. The van der Waals surface area contributed by atoms with Gasteiger partial charge in [0, 0.05) is 20.9 Å². The number of rotatable bonds is 5. The van der Waals surface area contributed by atoms with Crippen LogP contribution in [0, 0.1) is 0 Å². The number of anilines is 2. The van der Waals surface area contributed by atoms with Crippen LogP contribution >= 0.6 is 11.8 Å². The van der Waals surface area contributed by atoms with E-state index in [0.717, 1.165) is 32.8 Å². The summed E-state index contributed by atoms with van der Waals surface area (Å²) in [4.78, 5) is 20.2. The standard InChI is InChI=1S/C42H32N4S/c1-42(2)35-17-9-11-19-37(35)47-38-20-12-10-18-36(38)46(42)41-44-39(33-25-21-31(22-26-33)29-13-5-3-6-14-29)43-40(45-41)34-27-23-32(24-28-34)30-15-7-4-8-16-30/h3-28H,1-2H3. The van der Waals surface area contributed by atoms with E-state index in [1.165, 1.54) is 21.6 Å². The van der Waals surface area contributed by atoms with Gasteiger partial charge in [0.25, 0.3) is 0 Å². The predicted molar refractivity (Wildman–Crippen MR) is 194 cm³/mol. The van der Waals surface area contributed by atoms with Crippen molar-refractivity contribution in [1.29, 1.82) is 0 Å². The van der Waals surface area contributed by atoms with Gasteiger partial charge in [-0.1, -0.05) is 151 Å². The molecule has 4 nitrogen and oxygen atoms in total. The van der Waals surface area contributed by atoms with Crippen molar-refractivity contribution >= 4 is 23.4 Å². The predicted octanol–water partition coefficient (Wildman–Crippen LogP) is 11.1. The van der Waals surface area contributed by atoms with E-state index in [0.29, 0.717) is 17.6 Å². The molecule has 8 rings (SSSR count). The van der Waals surface area contributed by atoms with Gasteiger partial charge in [-0.15, -0.1) is 0 Å². The van der Waals surface area contributed by atoms with Crippen LogP contribution < -0.4 is 4.90 Å². The molecule has 7 aromatic rings. The molecule has 0 saturated heterocycles. The van der Waals surface area contributed by atoms with Gasteiger partial charge in [0.1, 0.15) is 0 Å². The van der Waals surface area contributed by atoms with Crippen molar-refractivity contribution in [2.75, 3.05) is 4.90 Å². The van der Waals surface area contributed by atoms with Gasteiger partial charge in [-0.3, -0.25) is 4.90 Å². The molecule has 0 saturated carbocycles. The first-order chi connectivity index (χ1) is 23.0. The quantitative estimate of drug-likeness (QED) is 0.191. The molecule has 1 aliphatic heterocycles. The molecule has 5 heteroatoms. The number of benzene rings is 6. The highest BCUT2D eigenvalue weighted by molar-refractivity contribution is 7.99. The summed E-state index contributed by atoms with van der Waals surface area (Å²) in [7, 11) is 0. The van der Waals surface area contributed by atoms with Gasteiger partial charge in [0.15, 0.2) is 11.6 Å². The van der Waals surface area contributed by atoms with Crippen molar-refractivity contribution in [3.63, 3.8) is 0 Å². The Morgan fingerprint density at radius 1 is 0.426 bits per heavy atom. The average molecular weight is 625 g/mol. The zero-order valence-corrected chi connectivity index (χ0v) is 27.0. The molecule has 0 fully saturated rings. The van der Waals surface area contributed by atoms with Gasteiger partial charge in [-0.05, 0) is 59.9 Å². The maximum atomic E-state index is 5.22. The Hall–Kier alpha value is -5.52. The second-order valence-corrected chi connectivity index (χ2v) is 13.2. The summed E-state index contributed by atoms with van der Waals surface area (Å²) in [5, 5.41) is 0. The Morgan fingerprint density at radius 2 is 0.851 bits per heavy atom. The van der Waals surface area contributed by atoms with Gasteiger partial charge < -0.3 is 0 Å². The van der Waals surface area contributed by atoms with E-state index in [-0.39, 0.29) is 0 Å². The molecule has 0 atom stereocenters. The van der Waals surface area contributed by atoms with Crippen LogP contribution in [0.2, 0.25) is 0 Å². The van der Waals surface area contributed by atoms with Crippen molar-refractivity contribution in [3.05, 3.63) is 163 Å². The molecular formula is C42H32N4S. The van der Waals surface area contributed by atoms with Crippen LogP contribution in [-0.2, 0) is 5.54 Å². The van der Waals surface area contributed by atoms with Gasteiger partial charge in [0.05, 0.1) is 11.2 Å². The maximum Gasteiger partial charge on any atom is 0.234 e. The summed E-state index contributed by atoms with van der Waals surface area (Å²) in [5.41, 5.74) is 8.36. The lowest BCUT2D eigenvalue weighted by Gasteiger charge is -2.39. The number of aromatic nitrogens is 3. The van der Waals surface area contributed by atoms with E-state index in [4.69, 9.17) is 15.0 Å². The van der Waals surface area contributed by atoms with Gasteiger partial charge >= 0.3 is 0 Å². The minimum absolute atomic E-state index is 0.458. The molecule has 1 aromatic heterocycles. The van der Waals surface area contributed by atoms with Crippen LogP contribution in [0.25, 0.3) is 45.0 Å². The summed E-state index contributed by atoms with van der Waals surface area (Å²) >= 11 is 1.79. The Balaban J connectivity index is 1.30. The molecule has 226 valence electrons. The molecular weight excluding hydrogens is 593 g/mol. The first kappa shape index (κ1) is 28.9. The molecule has 47 heavy (non-hydrogen) atoms. The Labute approximate surface area is 279 Å². The molecule has 0 aliphatic carbocycles. The zero-order valence-electron chi connectivity index (χ0n) is 26.2. The second kappa shape index (κ2) is 12.0. The fourth-order valence-electron chi connectivity index (χ4n) is 6.29. The van der Waals surface area contributed by atoms with Crippen LogP contribution in [0.3, 0.4) is 0 Å². The van der Waals surface area contributed by atoms with E-state index in [2.05, 4.69) is 164 Å². The molecule has 0 amide bonds. The highest BCUT2D eigenvalue weighted by Crippen LogP contribution is 2.50. The molecule has 0 spiro atoms. The maximum absolute atomic E-state index is 5.22. The van der Waals surface area contributed by atoms with Gasteiger partial charge in [0.2, 0.25) is 5.95 Å². The van der Waals surface area contributed by atoms with Gasteiger partial charge in [-0.25, -0.2) is 4.98 Å². The molecule has 6 aromatic carbocycles. The van der Waals surface area contributed by atoms with Crippen LogP contribution in [0.15, 0.2) is 168 Å². The van der Waals surface area contributed by atoms with E-state index in [9.17, 15) is 0 Å². The first-order valence-corrected chi connectivity index (χ1v) is 16.6. The largest absolute Gasteiger partial charge is 0.300 e. The van der Waals surface area contributed by atoms with E-state index >= 15 is 0 Å². The normalized spacial score (nSPS) is 13.4. The molecule has 0 unspecified atom stereocenters. The molecule has 0 bridgehead atoms. The average Bonchev–Trinajstić information content (AvgIpc) is 3.23. The third kappa shape index (κ3) is 5.49. The Morgan fingerprint density at radius 3 is 1.40 bits per heavy atom. The van der Waals surface area contributed by atoms with Crippen molar-refractivity contribution < 1.29 is 0 Å². The van der Waals surface area contributed by atoms with Crippen molar-refractivity contribution in [1.82, 2.24) is 15.0 Å². The number of nitrogens with zero attached hydrogens (tertiary/aromatic N) is 4.